The summed E-state index contributed by atoms with van der Waals surface area (Å²) in [5.41, 5.74) is 1.79. The number of aromatic nitrogens is 2. The number of fused-ring (bicyclic) bond motifs is 2. The third-order valence-corrected chi connectivity index (χ3v) is 4.69. The van der Waals surface area contributed by atoms with Crippen molar-refractivity contribution in [1.29, 1.82) is 0 Å². The summed E-state index contributed by atoms with van der Waals surface area (Å²) in [6.07, 6.45) is 1.25. The number of benzene rings is 1. The molecule has 4 heterocycles. The maximum atomic E-state index is 13.0. The number of ether oxygens (including phenoxy) is 2. The molecule has 146 valence electrons. The molecule has 0 unspecified atom stereocenters. The van der Waals surface area contributed by atoms with Gasteiger partial charge in [0.1, 0.15) is 18.4 Å². The summed E-state index contributed by atoms with van der Waals surface area (Å²) < 4.78 is 22.3. The molecule has 3 aromatic heterocycles. The normalized spacial score (nSPS) is 15.4. The molecule has 0 saturated carbocycles. The molecule has 8 nitrogen and oxygen atoms in total. The molecule has 0 aliphatic carbocycles. The number of para-hydroxylation sites is 2. The van der Waals surface area contributed by atoms with Crippen LogP contribution in [0.5, 0.6) is 11.5 Å². The highest BCUT2D eigenvalue weighted by Crippen LogP contribution is 2.31. The topological polar surface area (TPSA) is 99.6 Å². The molecule has 0 radical (unpaired) electrons. The van der Waals surface area contributed by atoms with Crippen LogP contribution in [0.1, 0.15) is 16.1 Å². The Hall–Kier alpha value is -3.81. The van der Waals surface area contributed by atoms with Gasteiger partial charge in [0.2, 0.25) is 0 Å². The number of aryl methyl sites for hydroxylation is 1. The Morgan fingerprint density at radius 2 is 2.07 bits per heavy atom. The highest BCUT2D eigenvalue weighted by atomic mass is 16.6. The predicted octanol–water partition coefficient (Wildman–Crippen LogP) is 3.36. The number of nitrogens with one attached hydrogen (secondary N) is 1. The summed E-state index contributed by atoms with van der Waals surface area (Å²) in [4.78, 5) is 17.4. The summed E-state index contributed by atoms with van der Waals surface area (Å²) >= 11 is 0. The maximum absolute atomic E-state index is 13.0. The van der Waals surface area contributed by atoms with E-state index in [1.54, 1.807) is 31.4 Å². The molecule has 1 N–H and O–H groups in total. The lowest BCUT2D eigenvalue weighted by Gasteiger charge is -2.26. The zero-order valence-corrected chi connectivity index (χ0v) is 15.5. The maximum Gasteiger partial charge on any atom is 0.259 e. The van der Waals surface area contributed by atoms with Crippen molar-refractivity contribution in [2.75, 3.05) is 13.2 Å². The summed E-state index contributed by atoms with van der Waals surface area (Å²) in [6, 6.07) is 12.6. The van der Waals surface area contributed by atoms with Crippen LogP contribution in [0.4, 0.5) is 0 Å². The molecule has 1 aromatic carbocycles. The second kappa shape index (κ2) is 6.97. The van der Waals surface area contributed by atoms with Crippen LogP contribution < -0.4 is 14.8 Å². The Kier molecular flexibility index (Phi) is 4.16. The third-order valence-electron chi connectivity index (χ3n) is 4.69. The number of hydrogen-bond acceptors (Lipinski definition) is 7. The Balaban J connectivity index is 1.39. The Morgan fingerprint density at radius 3 is 2.90 bits per heavy atom. The number of carbonyl (C=O) groups is 1. The van der Waals surface area contributed by atoms with Gasteiger partial charge in [0.25, 0.3) is 11.6 Å². The molecule has 1 atom stereocenters. The van der Waals surface area contributed by atoms with E-state index in [4.69, 9.17) is 18.4 Å². The van der Waals surface area contributed by atoms with E-state index in [0.717, 1.165) is 0 Å². The fraction of sp³-hybridized carbons (Fsp3) is 0.190. The van der Waals surface area contributed by atoms with Gasteiger partial charge in [-0.2, -0.15) is 0 Å². The first-order valence-electron chi connectivity index (χ1n) is 9.16. The molecule has 4 aromatic rings. The minimum atomic E-state index is -0.292. The number of rotatable bonds is 4. The predicted molar refractivity (Wildman–Crippen MR) is 103 cm³/mol. The zero-order chi connectivity index (χ0) is 19.8. The first-order valence-corrected chi connectivity index (χ1v) is 9.16. The van der Waals surface area contributed by atoms with Crippen LogP contribution in [0, 0.1) is 6.92 Å². The Bertz CT molecular complexity index is 1180. The van der Waals surface area contributed by atoms with E-state index >= 15 is 0 Å². The summed E-state index contributed by atoms with van der Waals surface area (Å²) in [6.45, 7) is 2.41. The molecule has 0 bridgehead atoms. The van der Waals surface area contributed by atoms with E-state index in [1.807, 2.05) is 24.3 Å². The van der Waals surface area contributed by atoms with Gasteiger partial charge in [-0.1, -0.05) is 17.3 Å². The Labute approximate surface area is 165 Å². The van der Waals surface area contributed by atoms with E-state index in [2.05, 4.69) is 15.5 Å². The number of hydrogen-bond donors (Lipinski definition) is 1. The standard InChI is InChI=1S/C21H17N3O5/c1-12-19-14(9-15(16-7-4-8-26-16)23-21(19)29-24-12)20(25)22-10-13-11-27-17-5-2-3-6-18(17)28-13/h2-9,13H,10-11H2,1H3,(H,22,25)/t13-/m0/s1. The van der Waals surface area contributed by atoms with Gasteiger partial charge in [0.05, 0.1) is 29.5 Å². The van der Waals surface area contributed by atoms with Crippen LogP contribution in [0.25, 0.3) is 22.6 Å². The molecule has 8 heteroatoms. The van der Waals surface area contributed by atoms with Crippen molar-refractivity contribution < 1.29 is 23.2 Å². The van der Waals surface area contributed by atoms with E-state index in [-0.39, 0.29) is 24.3 Å². The quantitative estimate of drug-likeness (QED) is 0.569. The third kappa shape index (κ3) is 3.18. The minimum Gasteiger partial charge on any atom is -0.486 e. The highest BCUT2D eigenvalue weighted by molar-refractivity contribution is 6.06. The smallest absolute Gasteiger partial charge is 0.259 e. The van der Waals surface area contributed by atoms with Gasteiger partial charge in [-0.05, 0) is 37.3 Å². The highest BCUT2D eigenvalue weighted by Gasteiger charge is 2.24. The van der Waals surface area contributed by atoms with Crippen LogP contribution in [0.3, 0.4) is 0 Å². The van der Waals surface area contributed by atoms with E-state index < -0.39 is 0 Å². The molecule has 5 rings (SSSR count). The number of nitrogens with zero attached hydrogens (tertiary/aromatic N) is 2. The second-order valence-corrected chi connectivity index (χ2v) is 6.69. The molecule has 0 saturated heterocycles. The summed E-state index contributed by atoms with van der Waals surface area (Å²) in [5.74, 6) is 1.63. The first kappa shape index (κ1) is 17.3. The van der Waals surface area contributed by atoms with E-state index in [9.17, 15) is 4.79 Å². The number of furan rings is 1. The van der Waals surface area contributed by atoms with Crippen molar-refractivity contribution in [3.63, 3.8) is 0 Å². The molecule has 0 fully saturated rings. The molecule has 1 aliphatic heterocycles. The number of amides is 1. The lowest BCUT2D eigenvalue weighted by Crippen LogP contribution is -2.40. The Morgan fingerprint density at radius 1 is 1.21 bits per heavy atom. The van der Waals surface area contributed by atoms with Gasteiger partial charge in [-0.15, -0.1) is 0 Å². The van der Waals surface area contributed by atoms with E-state index in [1.165, 1.54) is 0 Å². The van der Waals surface area contributed by atoms with Crippen molar-refractivity contribution >= 4 is 17.0 Å². The first-order chi connectivity index (χ1) is 14.2. The van der Waals surface area contributed by atoms with Gasteiger partial charge in [-0.3, -0.25) is 4.79 Å². The monoisotopic (exact) mass is 391 g/mol. The fourth-order valence-corrected chi connectivity index (χ4v) is 3.29. The average molecular weight is 391 g/mol. The lowest BCUT2D eigenvalue weighted by molar-refractivity contribution is 0.0790. The van der Waals surface area contributed by atoms with Crippen molar-refractivity contribution in [3.8, 4) is 23.0 Å². The van der Waals surface area contributed by atoms with Gasteiger partial charge in [0.15, 0.2) is 17.3 Å². The van der Waals surface area contributed by atoms with Crippen LogP contribution in [0.15, 0.2) is 57.7 Å². The number of pyridine rings is 1. The summed E-state index contributed by atoms with van der Waals surface area (Å²) in [7, 11) is 0. The number of carbonyl (C=O) groups excluding carboxylic acids is 1. The second-order valence-electron chi connectivity index (χ2n) is 6.69. The van der Waals surface area contributed by atoms with E-state index in [0.29, 0.717) is 46.2 Å². The van der Waals surface area contributed by atoms with Crippen molar-refractivity contribution in [2.45, 2.75) is 13.0 Å². The zero-order valence-electron chi connectivity index (χ0n) is 15.5. The van der Waals surface area contributed by atoms with Crippen LogP contribution in [0.2, 0.25) is 0 Å². The summed E-state index contributed by atoms with van der Waals surface area (Å²) in [5, 5.41) is 7.43. The van der Waals surface area contributed by atoms with Crippen molar-refractivity contribution in [3.05, 3.63) is 60.0 Å². The fourth-order valence-electron chi connectivity index (χ4n) is 3.29. The van der Waals surface area contributed by atoms with Gasteiger partial charge >= 0.3 is 0 Å². The molecule has 0 spiro atoms. The molecule has 1 aliphatic rings. The van der Waals surface area contributed by atoms with Crippen LogP contribution >= 0.6 is 0 Å². The van der Waals surface area contributed by atoms with Crippen LogP contribution in [-0.4, -0.2) is 35.3 Å². The van der Waals surface area contributed by atoms with Gasteiger partial charge in [-0.25, -0.2) is 4.98 Å². The SMILES string of the molecule is Cc1noc2nc(-c3ccco3)cc(C(=O)NC[C@H]3COc4ccccc4O3)c12. The largest absolute Gasteiger partial charge is 0.486 e. The van der Waals surface area contributed by atoms with Gasteiger partial charge in [0, 0.05) is 0 Å². The molecule has 29 heavy (non-hydrogen) atoms. The lowest BCUT2D eigenvalue weighted by atomic mass is 10.1. The molecular weight excluding hydrogens is 374 g/mol. The minimum absolute atomic E-state index is 0.279. The average Bonchev–Trinajstić information content (AvgIpc) is 3.42. The molecule has 1 amide bonds. The van der Waals surface area contributed by atoms with Crippen LogP contribution in [-0.2, 0) is 0 Å². The van der Waals surface area contributed by atoms with Gasteiger partial charge < -0.3 is 23.7 Å². The van der Waals surface area contributed by atoms with Crippen molar-refractivity contribution in [1.82, 2.24) is 15.5 Å². The molecular formula is C21H17N3O5. The van der Waals surface area contributed by atoms with Crippen molar-refractivity contribution in [2.24, 2.45) is 0 Å².